The van der Waals surface area contributed by atoms with Crippen molar-refractivity contribution in [3.8, 4) is 0 Å². The van der Waals surface area contributed by atoms with E-state index in [-0.39, 0.29) is 18.4 Å². The highest BCUT2D eigenvalue weighted by atomic mass is 32.1. The molecule has 0 atom stereocenters. The average molecular weight is 389 g/mol. The van der Waals surface area contributed by atoms with Crippen LogP contribution in [0.15, 0.2) is 71.9 Å². The number of hydrogen-bond donors (Lipinski definition) is 1. The first-order chi connectivity index (χ1) is 13.7. The lowest BCUT2D eigenvalue weighted by Gasteiger charge is -2.14. The summed E-state index contributed by atoms with van der Waals surface area (Å²) in [6.07, 6.45) is 2.60. The van der Waals surface area contributed by atoms with Gasteiger partial charge in [0.05, 0.1) is 17.8 Å². The molecule has 4 rings (SSSR count). The first kappa shape index (κ1) is 18.1. The Morgan fingerprint density at radius 1 is 1.00 bits per heavy atom. The second-order valence-corrected chi connectivity index (χ2v) is 7.37. The number of anilines is 1. The molecule has 2 aromatic heterocycles. The molecule has 1 N–H and O–H groups in total. The van der Waals surface area contributed by atoms with Gasteiger partial charge in [-0.15, -0.1) is 11.3 Å². The van der Waals surface area contributed by atoms with E-state index in [0.29, 0.717) is 17.0 Å². The van der Waals surface area contributed by atoms with Crippen LogP contribution in [0.2, 0.25) is 0 Å². The normalized spacial score (nSPS) is 14.1. The predicted octanol–water partition coefficient (Wildman–Crippen LogP) is 4.10. The zero-order valence-corrected chi connectivity index (χ0v) is 16.2. The smallest absolute Gasteiger partial charge is 0.278 e. The van der Waals surface area contributed by atoms with E-state index in [0.717, 1.165) is 17.0 Å². The van der Waals surface area contributed by atoms with E-state index < -0.39 is 0 Å². The summed E-state index contributed by atoms with van der Waals surface area (Å²) in [5.41, 5.74) is 3.39. The number of imide groups is 1. The van der Waals surface area contributed by atoms with Crippen molar-refractivity contribution < 1.29 is 9.59 Å². The number of thiophene rings is 1. The quantitative estimate of drug-likeness (QED) is 0.645. The molecule has 2 amide bonds. The van der Waals surface area contributed by atoms with Crippen molar-refractivity contribution in [2.45, 2.75) is 19.9 Å². The molecule has 0 radical (unpaired) electrons. The Morgan fingerprint density at radius 3 is 2.46 bits per heavy atom. The van der Waals surface area contributed by atoms with Gasteiger partial charge in [-0.2, -0.15) is 0 Å². The highest BCUT2D eigenvalue weighted by Gasteiger charge is 2.39. The highest BCUT2D eigenvalue weighted by molar-refractivity contribution is 7.11. The first-order valence-electron chi connectivity index (χ1n) is 9.07. The van der Waals surface area contributed by atoms with Crippen molar-refractivity contribution in [1.82, 2.24) is 9.88 Å². The van der Waals surface area contributed by atoms with Crippen molar-refractivity contribution >= 4 is 34.4 Å². The molecule has 5 nitrogen and oxygen atoms in total. The van der Waals surface area contributed by atoms with Crippen LogP contribution in [-0.4, -0.2) is 21.7 Å². The molecular formula is C22H19N3O2S. The van der Waals surface area contributed by atoms with Crippen molar-refractivity contribution in [3.05, 3.63) is 88.0 Å². The molecule has 1 aliphatic rings. The maximum atomic E-state index is 13.1. The fraction of sp³-hybridized carbons (Fsp3) is 0.136. The molecule has 0 bridgehead atoms. The van der Waals surface area contributed by atoms with Gasteiger partial charge in [-0.05, 0) is 47.7 Å². The SMILES string of the molecule is CCc1ccc(NC2=C(c3cccs3)C(=O)N(Cc3ccccn3)C2=O)cc1. The number of nitrogens with one attached hydrogen (secondary N) is 1. The Hall–Kier alpha value is -3.25. The summed E-state index contributed by atoms with van der Waals surface area (Å²) < 4.78 is 0. The summed E-state index contributed by atoms with van der Waals surface area (Å²) in [7, 11) is 0. The number of pyridine rings is 1. The third kappa shape index (κ3) is 3.46. The summed E-state index contributed by atoms with van der Waals surface area (Å²) in [5.74, 6) is -0.635. The van der Waals surface area contributed by atoms with E-state index >= 15 is 0 Å². The molecule has 0 saturated heterocycles. The number of nitrogens with zero attached hydrogens (tertiary/aromatic N) is 2. The largest absolute Gasteiger partial charge is 0.350 e. The van der Waals surface area contributed by atoms with Gasteiger partial charge in [0, 0.05) is 16.8 Å². The lowest BCUT2D eigenvalue weighted by Crippen LogP contribution is -2.32. The number of aryl methyl sites for hydroxylation is 1. The van der Waals surface area contributed by atoms with E-state index in [9.17, 15) is 9.59 Å². The number of aromatic nitrogens is 1. The average Bonchev–Trinajstić information content (AvgIpc) is 3.33. The minimum absolute atomic E-state index is 0.146. The Bertz CT molecular complexity index is 1030. The molecule has 1 aromatic carbocycles. The van der Waals surface area contributed by atoms with Gasteiger partial charge >= 0.3 is 0 Å². The monoisotopic (exact) mass is 389 g/mol. The number of rotatable bonds is 6. The van der Waals surface area contributed by atoms with E-state index in [1.807, 2.05) is 47.8 Å². The second kappa shape index (κ2) is 7.78. The zero-order chi connectivity index (χ0) is 19.5. The summed E-state index contributed by atoms with van der Waals surface area (Å²) in [4.78, 5) is 32.5. The van der Waals surface area contributed by atoms with Crippen molar-refractivity contribution in [1.29, 1.82) is 0 Å². The first-order valence-corrected chi connectivity index (χ1v) is 9.95. The van der Waals surface area contributed by atoms with Crippen molar-refractivity contribution in [2.24, 2.45) is 0 Å². The molecule has 0 aliphatic carbocycles. The van der Waals surface area contributed by atoms with Gasteiger partial charge in [0.25, 0.3) is 11.8 Å². The molecule has 140 valence electrons. The third-order valence-corrected chi connectivity index (χ3v) is 5.50. The molecule has 6 heteroatoms. The fourth-order valence-electron chi connectivity index (χ4n) is 3.11. The van der Waals surface area contributed by atoms with Gasteiger partial charge in [0.2, 0.25) is 0 Å². The molecule has 0 saturated carbocycles. The minimum Gasteiger partial charge on any atom is -0.350 e. The molecule has 1 aliphatic heterocycles. The minimum atomic E-state index is -0.335. The number of benzene rings is 1. The lowest BCUT2D eigenvalue weighted by molar-refractivity contribution is -0.137. The number of carbonyl (C=O) groups excluding carboxylic acids is 2. The van der Waals surface area contributed by atoms with Gasteiger partial charge in [-0.1, -0.05) is 31.2 Å². The molecule has 3 aromatic rings. The maximum absolute atomic E-state index is 13.1. The van der Waals surface area contributed by atoms with Gasteiger partial charge in [-0.25, -0.2) is 0 Å². The van der Waals surface area contributed by atoms with Crippen LogP contribution in [-0.2, 0) is 22.6 Å². The standard InChI is InChI=1S/C22H19N3O2S/c1-2-15-8-10-16(11-9-15)24-20-19(18-7-5-13-28-18)21(26)25(22(20)27)14-17-6-3-4-12-23-17/h3-13,24H,2,14H2,1H3. The van der Waals surface area contributed by atoms with Crippen LogP contribution in [0.1, 0.15) is 23.1 Å². The van der Waals surface area contributed by atoms with Crippen LogP contribution in [0.5, 0.6) is 0 Å². The lowest BCUT2D eigenvalue weighted by atomic mass is 10.1. The Kier molecular flexibility index (Phi) is 5.04. The number of carbonyl (C=O) groups is 2. The summed E-state index contributed by atoms with van der Waals surface area (Å²) in [6.45, 7) is 2.24. The molecule has 3 heterocycles. The van der Waals surface area contributed by atoms with Crippen LogP contribution in [0.25, 0.3) is 5.57 Å². The Balaban J connectivity index is 1.68. The Morgan fingerprint density at radius 2 is 1.82 bits per heavy atom. The predicted molar refractivity (Wildman–Crippen MR) is 110 cm³/mol. The molecular weight excluding hydrogens is 370 g/mol. The van der Waals surface area contributed by atoms with Crippen molar-refractivity contribution in [2.75, 3.05) is 5.32 Å². The van der Waals surface area contributed by atoms with Crippen LogP contribution < -0.4 is 5.32 Å². The van der Waals surface area contributed by atoms with Gasteiger partial charge in [0.15, 0.2) is 0 Å². The summed E-state index contributed by atoms with van der Waals surface area (Å²) in [6, 6.07) is 17.1. The summed E-state index contributed by atoms with van der Waals surface area (Å²) in [5, 5.41) is 5.08. The molecule has 28 heavy (non-hydrogen) atoms. The van der Waals surface area contributed by atoms with E-state index in [4.69, 9.17) is 0 Å². The topological polar surface area (TPSA) is 62.3 Å². The molecule has 0 fully saturated rings. The summed E-state index contributed by atoms with van der Waals surface area (Å²) >= 11 is 1.44. The van der Waals surface area contributed by atoms with Crippen LogP contribution in [0.3, 0.4) is 0 Å². The van der Waals surface area contributed by atoms with E-state index in [2.05, 4.69) is 17.2 Å². The zero-order valence-electron chi connectivity index (χ0n) is 15.4. The maximum Gasteiger partial charge on any atom is 0.278 e. The fourth-order valence-corrected chi connectivity index (χ4v) is 3.87. The molecule has 0 spiro atoms. The third-order valence-electron chi connectivity index (χ3n) is 4.61. The van der Waals surface area contributed by atoms with E-state index in [1.54, 1.807) is 18.3 Å². The van der Waals surface area contributed by atoms with Crippen LogP contribution in [0.4, 0.5) is 5.69 Å². The second-order valence-electron chi connectivity index (χ2n) is 6.42. The van der Waals surface area contributed by atoms with Crippen molar-refractivity contribution in [3.63, 3.8) is 0 Å². The molecule has 0 unspecified atom stereocenters. The van der Waals surface area contributed by atoms with Crippen LogP contribution >= 0.6 is 11.3 Å². The van der Waals surface area contributed by atoms with E-state index in [1.165, 1.54) is 21.8 Å². The van der Waals surface area contributed by atoms with Gasteiger partial charge < -0.3 is 5.32 Å². The number of amides is 2. The van der Waals surface area contributed by atoms with Gasteiger partial charge in [0.1, 0.15) is 5.70 Å². The Labute approximate surface area is 167 Å². The number of hydrogen-bond acceptors (Lipinski definition) is 5. The van der Waals surface area contributed by atoms with Gasteiger partial charge in [-0.3, -0.25) is 19.5 Å². The highest BCUT2D eigenvalue weighted by Crippen LogP contribution is 2.33. The van der Waals surface area contributed by atoms with Crippen LogP contribution in [0, 0.1) is 0 Å².